The van der Waals surface area contributed by atoms with Crippen LogP contribution in [0.25, 0.3) is 6.08 Å². The average molecular weight is 310 g/mol. The summed E-state index contributed by atoms with van der Waals surface area (Å²) in [5, 5.41) is 5.28. The fourth-order valence-corrected chi connectivity index (χ4v) is 2.00. The highest BCUT2D eigenvalue weighted by Crippen LogP contribution is 2.18. The molecule has 5 heteroatoms. The summed E-state index contributed by atoms with van der Waals surface area (Å²) >= 11 is 0. The first-order chi connectivity index (χ1) is 11.1. The van der Waals surface area contributed by atoms with Gasteiger partial charge in [-0.1, -0.05) is 18.2 Å². The van der Waals surface area contributed by atoms with Crippen molar-refractivity contribution in [3.05, 3.63) is 65.7 Å². The fourth-order valence-electron chi connectivity index (χ4n) is 2.00. The smallest absolute Gasteiger partial charge is 0.251 e. The Kier molecular flexibility index (Phi) is 5.52. The Morgan fingerprint density at radius 1 is 1.04 bits per heavy atom. The molecule has 23 heavy (non-hydrogen) atoms. The molecule has 2 aromatic rings. The summed E-state index contributed by atoms with van der Waals surface area (Å²) < 4.78 is 5.22. The number of amides is 2. The zero-order chi connectivity index (χ0) is 16.7. The summed E-state index contributed by atoms with van der Waals surface area (Å²) in [6.07, 6.45) is 3.12. The molecule has 0 spiro atoms. The van der Waals surface area contributed by atoms with Gasteiger partial charge in [-0.3, -0.25) is 9.59 Å². The fraction of sp³-hybridized carbons (Fsp3) is 0.111. The molecule has 0 saturated carbocycles. The van der Waals surface area contributed by atoms with Crippen molar-refractivity contribution in [2.24, 2.45) is 0 Å². The van der Waals surface area contributed by atoms with Crippen molar-refractivity contribution < 1.29 is 14.3 Å². The summed E-state index contributed by atoms with van der Waals surface area (Å²) in [6, 6.07) is 14.1. The van der Waals surface area contributed by atoms with Crippen LogP contribution in [0.15, 0.2) is 54.6 Å². The predicted octanol–water partition coefficient (Wildman–Crippen LogP) is 2.71. The Balaban J connectivity index is 2.02. The van der Waals surface area contributed by atoms with E-state index in [1.54, 1.807) is 44.5 Å². The van der Waals surface area contributed by atoms with Gasteiger partial charge in [0.25, 0.3) is 5.91 Å². The van der Waals surface area contributed by atoms with Gasteiger partial charge in [0.05, 0.1) is 7.11 Å². The van der Waals surface area contributed by atoms with E-state index in [2.05, 4.69) is 10.6 Å². The third-order valence-electron chi connectivity index (χ3n) is 3.19. The molecule has 0 bridgehead atoms. The second-order valence-corrected chi connectivity index (χ2v) is 4.72. The topological polar surface area (TPSA) is 67.4 Å². The number of hydrogen-bond donors (Lipinski definition) is 2. The lowest BCUT2D eigenvalue weighted by molar-refractivity contribution is -0.111. The number of rotatable bonds is 5. The number of carbonyl (C=O) groups is 2. The number of anilines is 1. The maximum Gasteiger partial charge on any atom is 0.251 e. The van der Waals surface area contributed by atoms with E-state index in [9.17, 15) is 9.59 Å². The van der Waals surface area contributed by atoms with Crippen LogP contribution in [0.5, 0.6) is 5.75 Å². The molecule has 0 fully saturated rings. The van der Waals surface area contributed by atoms with E-state index in [0.717, 1.165) is 5.56 Å². The van der Waals surface area contributed by atoms with Crippen LogP contribution in [0.4, 0.5) is 5.69 Å². The minimum Gasteiger partial charge on any atom is -0.496 e. The first kappa shape index (κ1) is 16.3. The number of para-hydroxylation sites is 1. The van der Waals surface area contributed by atoms with Crippen molar-refractivity contribution in [2.45, 2.75) is 0 Å². The highest BCUT2D eigenvalue weighted by atomic mass is 16.5. The highest BCUT2D eigenvalue weighted by Gasteiger charge is 2.04. The van der Waals surface area contributed by atoms with Gasteiger partial charge in [0.2, 0.25) is 5.91 Å². The number of methoxy groups -OCH3 is 1. The zero-order valence-corrected chi connectivity index (χ0v) is 13.0. The van der Waals surface area contributed by atoms with E-state index < -0.39 is 0 Å². The van der Waals surface area contributed by atoms with Crippen molar-refractivity contribution in [1.82, 2.24) is 5.32 Å². The molecule has 0 aliphatic rings. The van der Waals surface area contributed by atoms with Crippen LogP contribution in [0.1, 0.15) is 15.9 Å². The molecular weight excluding hydrogens is 292 g/mol. The van der Waals surface area contributed by atoms with E-state index in [0.29, 0.717) is 17.0 Å². The second-order valence-electron chi connectivity index (χ2n) is 4.72. The van der Waals surface area contributed by atoms with E-state index >= 15 is 0 Å². The monoisotopic (exact) mass is 310 g/mol. The summed E-state index contributed by atoms with van der Waals surface area (Å²) in [7, 11) is 3.15. The van der Waals surface area contributed by atoms with E-state index in [1.165, 1.54) is 6.08 Å². The van der Waals surface area contributed by atoms with Crippen LogP contribution < -0.4 is 15.4 Å². The Labute approximate surface area is 135 Å². The first-order valence-electron chi connectivity index (χ1n) is 7.08. The van der Waals surface area contributed by atoms with Gasteiger partial charge >= 0.3 is 0 Å². The Morgan fingerprint density at radius 3 is 2.39 bits per heavy atom. The molecule has 2 amide bonds. The highest BCUT2D eigenvalue weighted by molar-refractivity contribution is 6.02. The van der Waals surface area contributed by atoms with Gasteiger partial charge in [-0.15, -0.1) is 0 Å². The molecular formula is C18H18N2O3. The molecule has 0 radical (unpaired) electrons. The summed E-state index contributed by atoms with van der Waals surface area (Å²) in [5.41, 5.74) is 1.97. The van der Waals surface area contributed by atoms with Crippen LogP contribution in [0.3, 0.4) is 0 Å². The van der Waals surface area contributed by atoms with E-state index in [1.807, 2.05) is 24.3 Å². The van der Waals surface area contributed by atoms with Crippen LogP contribution >= 0.6 is 0 Å². The SMILES string of the molecule is CNC(=O)c1ccc(NC(=O)/C=C/c2ccccc2OC)cc1. The molecule has 2 aromatic carbocycles. The van der Waals surface area contributed by atoms with Crippen molar-refractivity contribution in [1.29, 1.82) is 0 Å². The molecule has 0 aliphatic heterocycles. The van der Waals surface area contributed by atoms with Gasteiger partial charge in [0.15, 0.2) is 0 Å². The molecule has 0 aromatic heterocycles. The summed E-state index contributed by atoms with van der Waals surface area (Å²) in [5.74, 6) is 0.272. The quantitative estimate of drug-likeness (QED) is 0.834. The van der Waals surface area contributed by atoms with Crippen LogP contribution in [-0.2, 0) is 4.79 Å². The minimum atomic E-state index is -0.261. The number of hydrogen-bond acceptors (Lipinski definition) is 3. The van der Waals surface area contributed by atoms with Crippen molar-refractivity contribution in [3.63, 3.8) is 0 Å². The van der Waals surface area contributed by atoms with Crippen LogP contribution in [0.2, 0.25) is 0 Å². The largest absolute Gasteiger partial charge is 0.496 e. The molecule has 5 nitrogen and oxygen atoms in total. The van der Waals surface area contributed by atoms with E-state index in [-0.39, 0.29) is 11.8 Å². The Morgan fingerprint density at radius 2 is 1.74 bits per heavy atom. The average Bonchev–Trinajstić information content (AvgIpc) is 2.60. The molecule has 0 unspecified atom stereocenters. The number of benzene rings is 2. The Bertz CT molecular complexity index is 721. The van der Waals surface area contributed by atoms with Crippen LogP contribution in [-0.4, -0.2) is 26.0 Å². The molecule has 2 N–H and O–H groups in total. The number of nitrogens with one attached hydrogen (secondary N) is 2. The predicted molar refractivity (Wildman–Crippen MR) is 90.5 cm³/mol. The third-order valence-corrected chi connectivity index (χ3v) is 3.19. The van der Waals surface area contributed by atoms with Gasteiger partial charge in [-0.05, 0) is 36.4 Å². The molecule has 0 heterocycles. The second kappa shape index (κ2) is 7.79. The van der Waals surface area contributed by atoms with Gasteiger partial charge in [-0.25, -0.2) is 0 Å². The van der Waals surface area contributed by atoms with Crippen LogP contribution in [0, 0.1) is 0 Å². The van der Waals surface area contributed by atoms with E-state index in [4.69, 9.17) is 4.74 Å². The maximum absolute atomic E-state index is 11.9. The third kappa shape index (κ3) is 4.44. The lowest BCUT2D eigenvalue weighted by Gasteiger charge is -2.05. The molecule has 0 saturated heterocycles. The van der Waals surface area contributed by atoms with Gasteiger partial charge < -0.3 is 15.4 Å². The van der Waals surface area contributed by atoms with Gasteiger partial charge in [0.1, 0.15) is 5.75 Å². The normalized spacial score (nSPS) is 10.3. The Hall–Kier alpha value is -3.08. The van der Waals surface area contributed by atoms with Gasteiger partial charge in [-0.2, -0.15) is 0 Å². The van der Waals surface area contributed by atoms with Crippen molar-refractivity contribution in [2.75, 3.05) is 19.5 Å². The lowest BCUT2D eigenvalue weighted by Crippen LogP contribution is -2.17. The maximum atomic E-state index is 11.9. The first-order valence-corrected chi connectivity index (χ1v) is 7.08. The van der Waals surface area contributed by atoms with Gasteiger partial charge in [0, 0.05) is 29.9 Å². The zero-order valence-electron chi connectivity index (χ0n) is 13.0. The summed E-state index contributed by atoms with van der Waals surface area (Å²) in [4.78, 5) is 23.4. The molecule has 118 valence electrons. The van der Waals surface area contributed by atoms with Crippen molar-refractivity contribution in [3.8, 4) is 5.75 Å². The molecule has 0 aliphatic carbocycles. The molecule has 2 rings (SSSR count). The summed E-state index contributed by atoms with van der Waals surface area (Å²) in [6.45, 7) is 0. The molecule has 0 atom stereocenters. The van der Waals surface area contributed by atoms with Crippen molar-refractivity contribution >= 4 is 23.6 Å². The minimum absolute atomic E-state index is 0.168. The lowest BCUT2D eigenvalue weighted by atomic mass is 10.2. The number of ether oxygens (including phenoxy) is 1. The standard InChI is InChI=1S/C18H18N2O3/c1-19-18(22)14-7-10-15(11-8-14)20-17(21)12-9-13-5-3-4-6-16(13)23-2/h3-12H,1-2H3,(H,19,22)(H,20,21)/b12-9+. The number of carbonyl (C=O) groups excluding carboxylic acids is 2.